The van der Waals surface area contributed by atoms with Gasteiger partial charge in [0.05, 0.1) is 24.7 Å². The van der Waals surface area contributed by atoms with Crippen LogP contribution < -0.4 is 4.74 Å². The molecule has 1 heterocycles. The molecule has 0 saturated carbocycles. The van der Waals surface area contributed by atoms with Crippen LogP contribution in [0.25, 0.3) is 0 Å². The van der Waals surface area contributed by atoms with Crippen LogP contribution in [-0.2, 0) is 14.3 Å². The van der Waals surface area contributed by atoms with E-state index in [1.807, 2.05) is 6.92 Å². The van der Waals surface area contributed by atoms with E-state index in [4.69, 9.17) is 14.2 Å². The lowest BCUT2D eigenvalue weighted by Gasteiger charge is -2.32. The van der Waals surface area contributed by atoms with E-state index in [-0.39, 0.29) is 24.5 Å². The van der Waals surface area contributed by atoms with Gasteiger partial charge in [0.15, 0.2) is 0 Å². The molecule has 1 aliphatic rings. The van der Waals surface area contributed by atoms with Crippen LogP contribution in [-0.4, -0.2) is 67.5 Å². The van der Waals surface area contributed by atoms with Crippen molar-refractivity contribution < 1.29 is 28.9 Å². The molecule has 1 aromatic rings. The van der Waals surface area contributed by atoms with Gasteiger partial charge in [0.25, 0.3) is 0 Å². The minimum absolute atomic E-state index is 0.0347. The van der Waals surface area contributed by atoms with E-state index in [0.29, 0.717) is 31.1 Å². The summed E-state index contributed by atoms with van der Waals surface area (Å²) in [6.45, 7) is 6.50. The van der Waals surface area contributed by atoms with Crippen molar-refractivity contribution in [2.45, 2.75) is 32.8 Å². The normalized spacial score (nSPS) is 16.6. The monoisotopic (exact) mass is 379 g/mol. The first-order chi connectivity index (χ1) is 13.0. The van der Waals surface area contributed by atoms with Crippen molar-refractivity contribution in [3.63, 3.8) is 0 Å². The zero-order valence-corrected chi connectivity index (χ0v) is 16.1. The lowest BCUT2D eigenvalue weighted by Crippen LogP contribution is -2.42. The minimum Gasteiger partial charge on any atom is -0.491 e. The molecule has 0 aliphatic carbocycles. The fourth-order valence-electron chi connectivity index (χ4n) is 3.06. The Hall–Kier alpha value is -2.12. The quantitative estimate of drug-likeness (QED) is 0.656. The number of aliphatic hydroxyl groups is 1. The Morgan fingerprint density at radius 3 is 2.33 bits per heavy atom. The lowest BCUT2D eigenvalue weighted by atomic mass is 9.97. The number of carbonyl (C=O) groups is 2. The van der Waals surface area contributed by atoms with E-state index in [0.717, 1.165) is 25.9 Å². The summed E-state index contributed by atoms with van der Waals surface area (Å²) in [5.41, 5.74) is 0.467. The molecule has 1 saturated heterocycles. The Balaban J connectivity index is 1.70. The van der Waals surface area contributed by atoms with Gasteiger partial charge in [-0.05, 0) is 64.0 Å². The molecule has 1 fully saturated rings. The number of β-amino-alcohol motifs (C(OH)–C–C–N with tert-alkyl or cyclic N) is 1. The molecule has 7 nitrogen and oxygen atoms in total. The molecule has 0 bridgehead atoms. The van der Waals surface area contributed by atoms with Gasteiger partial charge in [-0.15, -0.1) is 0 Å². The number of esters is 2. The average Bonchev–Trinajstić information content (AvgIpc) is 2.68. The van der Waals surface area contributed by atoms with Crippen LogP contribution in [0, 0.1) is 5.92 Å². The zero-order valence-electron chi connectivity index (χ0n) is 16.1. The summed E-state index contributed by atoms with van der Waals surface area (Å²) in [5.74, 6) is 0.0678. The Kier molecular flexibility index (Phi) is 8.54. The van der Waals surface area contributed by atoms with Crippen LogP contribution in [0.3, 0.4) is 0 Å². The molecule has 0 radical (unpaired) electrons. The van der Waals surface area contributed by atoms with Crippen molar-refractivity contribution in [2.75, 3.05) is 39.5 Å². The second kappa shape index (κ2) is 10.9. The Labute approximate surface area is 160 Å². The van der Waals surface area contributed by atoms with Gasteiger partial charge in [-0.3, -0.25) is 4.79 Å². The third-order valence-electron chi connectivity index (χ3n) is 4.48. The summed E-state index contributed by atoms with van der Waals surface area (Å²) in [7, 11) is 0. The highest BCUT2D eigenvalue weighted by atomic mass is 16.5. The van der Waals surface area contributed by atoms with E-state index in [9.17, 15) is 14.7 Å². The SMILES string of the molecule is CCOC(=O)c1ccc(OCC(O)CN2CCC(C(=O)OCC)CC2)cc1. The van der Waals surface area contributed by atoms with Crippen molar-refractivity contribution in [1.29, 1.82) is 0 Å². The summed E-state index contributed by atoms with van der Waals surface area (Å²) < 4.78 is 15.6. The van der Waals surface area contributed by atoms with Gasteiger partial charge < -0.3 is 24.2 Å². The van der Waals surface area contributed by atoms with E-state index < -0.39 is 6.10 Å². The average molecular weight is 379 g/mol. The number of nitrogens with zero attached hydrogens (tertiary/aromatic N) is 1. The maximum atomic E-state index is 11.7. The van der Waals surface area contributed by atoms with E-state index in [1.54, 1.807) is 31.2 Å². The molecule has 1 aromatic carbocycles. The predicted octanol–water partition coefficient (Wildman–Crippen LogP) is 1.88. The van der Waals surface area contributed by atoms with Gasteiger partial charge >= 0.3 is 11.9 Å². The highest BCUT2D eigenvalue weighted by Gasteiger charge is 2.26. The lowest BCUT2D eigenvalue weighted by molar-refractivity contribution is -0.149. The molecule has 1 N–H and O–H groups in total. The van der Waals surface area contributed by atoms with Crippen molar-refractivity contribution in [2.24, 2.45) is 5.92 Å². The molecule has 150 valence electrons. The van der Waals surface area contributed by atoms with Crippen LogP contribution in [0.15, 0.2) is 24.3 Å². The topological polar surface area (TPSA) is 85.3 Å². The second-order valence-electron chi connectivity index (χ2n) is 6.54. The Morgan fingerprint density at radius 2 is 1.74 bits per heavy atom. The number of carbonyl (C=O) groups excluding carboxylic acids is 2. The number of aliphatic hydroxyl groups excluding tert-OH is 1. The number of ether oxygens (including phenoxy) is 3. The molecule has 27 heavy (non-hydrogen) atoms. The molecular weight excluding hydrogens is 350 g/mol. The van der Waals surface area contributed by atoms with Gasteiger partial charge in [0.1, 0.15) is 18.5 Å². The highest BCUT2D eigenvalue weighted by Crippen LogP contribution is 2.19. The van der Waals surface area contributed by atoms with Crippen molar-refractivity contribution >= 4 is 11.9 Å². The largest absolute Gasteiger partial charge is 0.491 e. The number of piperidine rings is 1. The van der Waals surface area contributed by atoms with Gasteiger partial charge in [-0.2, -0.15) is 0 Å². The molecule has 7 heteroatoms. The summed E-state index contributed by atoms with van der Waals surface area (Å²) in [6, 6.07) is 6.65. The van der Waals surface area contributed by atoms with Crippen LogP contribution in [0.2, 0.25) is 0 Å². The highest BCUT2D eigenvalue weighted by molar-refractivity contribution is 5.89. The third kappa shape index (κ3) is 6.84. The van der Waals surface area contributed by atoms with Crippen molar-refractivity contribution in [3.8, 4) is 5.75 Å². The number of likely N-dealkylation sites (tertiary alicyclic amines) is 1. The second-order valence-corrected chi connectivity index (χ2v) is 6.54. The van der Waals surface area contributed by atoms with E-state index >= 15 is 0 Å². The molecule has 2 rings (SSSR count). The minimum atomic E-state index is -0.631. The molecule has 1 atom stereocenters. The van der Waals surface area contributed by atoms with Gasteiger partial charge in [0, 0.05) is 6.54 Å². The Morgan fingerprint density at radius 1 is 1.11 bits per heavy atom. The van der Waals surface area contributed by atoms with E-state index in [2.05, 4.69) is 4.90 Å². The molecule has 1 aliphatic heterocycles. The molecule has 0 amide bonds. The Bertz CT molecular complexity index is 595. The van der Waals surface area contributed by atoms with Gasteiger partial charge in [0.2, 0.25) is 0 Å². The maximum absolute atomic E-state index is 11.7. The summed E-state index contributed by atoms with van der Waals surface area (Å²) in [4.78, 5) is 25.5. The number of hydrogen-bond donors (Lipinski definition) is 1. The zero-order chi connectivity index (χ0) is 19.6. The number of rotatable bonds is 9. The standard InChI is InChI=1S/C20H29NO6/c1-3-25-19(23)15-5-7-18(8-6-15)27-14-17(22)13-21-11-9-16(10-12-21)20(24)26-4-2/h5-8,16-17,22H,3-4,9-14H2,1-2H3. The van der Waals surface area contributed by atoms with Crippen LogP contribution in [0.4, 0.5) is 0 Å². The molecule has 0 spiro atoms. The van der Waals surface area contributed by atoms with Gasteiger partial charge in [-0.25, -0.2) is 4.79 Å². The van der Waals surface area contributed by atoms with Gasteiger partial charge in [-0.1, -0.05) is 0 Å². The maximum Gasteiger partial charge on any atom is 0.338 e. The summed E-state index contributed by atoms with van der Waals surface area (Å²) >= 11 is 0. The molecular formula is C20H29NO6. The van der Waals surface area contributed by atoms with Crippen LogP contribution in [0.5, 0.6) is 5.75 Å². The smallest absolute Gasteiger partial charge is 0.338 e. The molecule has 0 aromatic heterocycles. The fraction of sp³-hybridized carbons (Fsp3) is 0.600. The van der Waals surface area contributed by atoms with Crippen molar-refractivity contribution in [1.82, 2.24) is 4.90 Å². The van der Waals surface area contributed by atoms with Crippen LogP contribution in [0.1, 0.15) is 37.0 Å². The summed E-state index contributed by atoms with van der Waals surface area (Å²) in [6.07, 6.45) is 0.873. The predicted molar refractivity (Wildman–Crippen MR) is 99.7 cm³/mol. The first-order valence-corrected chi connectivity index (χ1v) is 9.50. The van der Waals surface area contributed by atoms with Crippen LogP contribution >= 0.6 is 0 Å². The fourth-order valence-corrected chi connectivity index (χ4v) is 3.06. The number of benzene rings is 1. The van der Waals surface area contributed by atoms with Crippen molar-refractivity contribution in [3.05, 3.63) is 29.8 Å². The number of hydrogen-bond acceptors (Lipinski definition) is 7. The first-order valence-electron chi connectivity index (χ1n) is 9.50. The van der Waals surface area contributed by atoms with E-state index in [1.165, 1.54) is 0 Å². The molecule has 1 unspecified atom stereocenters. The first kappa shape index (κ1) is 21.2. The summed E-state index contributed by atoms with van der Waals surface area (Å²) in [5, 5.41) is 10.2. The third-order valence-corrected chi connectivity index (χ3v) is 4.48.